The smallest absolute Gasteiger partial charge is 0.171 e. The summed E-state index contributed by atoms with van der Waals surface area (Å²) in [5.74, 6) is 0.545. The predicted octanol–water partition coefficient (Wildman–Crippen LogP) is 2.53. The third-order valence-corrected chi connectivity index (χ3v) is 5.19. The molecule has 0 aromatic heterocycles. The van der Waals surface area contributed by atoms with Gasteiger partial charge in [0.25, 0.3) is 0 Å². The lowest BCUT2D eigenvalue weighted by atomic mass is 9.56. The number of ketones is 1. The first-order chi connectivity index (χ1) is 8.06. The monoisotopic (exact) mass is 238 g/mol. The number of carbonyl (C=O) groups is 1. The van der Waals surface area contributed by atoms with E-state index >= 15 is 0 Å². The highest BCUT2D eigenvalue weighted by molar-refractivity contribution is 5.82. The zero-order valence-corrected chi connectivity index (χ0v) is 10.8. The number of carbonyl (C=O) groups excluding carboxylic acids is 1. The minimum Gasteiger partial charge on any atom is -0.347 e. The van der Waals surface area contributed by atoms with E-state index in [1.807, 2.05) is 0 Å². The van der Waals surface area contributed by atoms with Crippen LogP contribution in [-0.2, 0) is 14.3 Å². The van der Waals surface area contributed by atoms with Gasteiger partial charge in [-0.05, 0) is 24.7 Å². The largest absolute Gasteiger partial charge is 0.347 e. The van der Waals surface area contributed by atoms with Crippen molar-refractivity contribution in [3.8, 4) is 0 Å². The molecule has 2 saturated carbocycles. The second-order valence-corrected chi connectivity index (χ2v) is 6.34. The van der Waals surface area contributed by atoms with E-state index in [-0.39, 0.29) is 11.3 Å². The van der Waals surface area contributed by atoms with Crippen LogP contribution in [0.1, 0.15) is 46.0 Å². The minimum absolute atomic E-state index is 0.158. The maximum absolute atomic E-state index is 12.2. The van der Waals surface area contributed by atoms with E-state index in [0.717, 1.165) is 25.7 Å². The van der Waals surface area contributed by atoms with E-state index < -0.39 is 5.79 Å². The summed E-state index contributed by atoms with van der Waals surface area (Å²) in [6, 6.07) is 0. The first kappa shape index (κ1) is 11.7. The van der Waals surface area contributed by atoms with Gasteiger partial charge in [-0.1, -0.05) is 13.8 Å². The van der Waals surface area contributed by atoms with Crippen molar-refractivity contribution in [2.45, 2.75) is 51.7 Å². The summed E-state index contributed by atoms with van der Waals surface area (Å²) in [6.07, 6.45) is 4.84. The highest BCUT2D eigenvalue weighted by atomic mass is 16.7. The van der Waals surface area contributed by atoms with Crippen molar-refractivity contribution < 1.29 is 14.3 Å². The highest BCUT2D eigenvalue weighted by Gasteiger charge is 2.56. The van der Waals surface area contributed by atoms with Crippen molar-refractivity contribution in [1.82, 2.24) is 0 Å². The molecule has 0 radical (unpaired) electrons. The van der Waals surface area contributed by atoms with Gasteiger partial charge in [-0.3, -0.25) is 4.79 Å². The van der Waals surface area contributed by atoms with E-state index in [1.54, 1.807) is 0 Å². The molecule has 1 heterocycles. The molecule has 17 heavy (non-hydrogen) atoms. The summed E-state index contributed by atoms with van der Waals surface area (Å²) in [5, 5.41) is 0. The number of fused-ring (bicyclic) bond motifs is 1. The molecule has 3 rings (SSSR count). The van der Waals surface area contributed by atoms with Crippen LogP contribution in [0.25, 0.3) is 0 Å². The average Bonchev–Trinajstić information content (AvgIpc) is 2.72. The van der Waals surface area contributed by atoms with Gasteiger partial charge in [0, 0.05) is 24.7 Å². The van der Waals surface area contributed by atoms with Gasteiger partial charge < -0.3 is 9.47 Å². The summed E-state index contributed by atoms with van der Waals surface area (Å²) in [4.78, 5) is 12.2. The molecule has 3 atom stereocenters. The van der Waals surface area contributed by atoms with Crippen molar-refractivity contribution in [3.63, 3.8) is 0 Å². The van der Waals surface area contributed by atoms with Gasteiger partial charge in [-0.25, -0.2) is 0 Å². The quantitative estimate of drug-likeness (QED) is 0.650. The molecule has 0 bridgehead atoms. The Hall–Kier alpha value is -0.410. The summed E-state index contributed by atoms with van der Waals surface area (Å²) in [6.45, 7) is 5.86. The lowest BCUT2D eigenvalue weighted by Crippen LogP contribution is -2.53. The Morgan fingerprint density at radius 1 is 1.24 bits per heavy atom. The Morgan fingerprint density at radius 3 is 2.65 bits per heavy atom. The second-order valence-electron chi connectivity index (χ2n) is 6.34. The summed E-state index contributed by atoms with van der Waals surface area (Å²) in [5.41, 5.74) is 0.190. The van der Waals surface area contributed by atoms with Crippen LogP contribution < -0.4 is 0 Å². The molecule has 0 aromatic rings. The molecule has 3 heteroatoms. The van der Waals surface area contributed by atoms with E-state index in [9.17, 15) is 4.79 Å². The molecule has 1 spiro atoms. The Morgan fingerprint density at radius 2 is 1.94 bits per heavy atom. The van der Waals surface area contributed by atoms with Crippen LogP contribution in [0.4, 0.5) is 0 Å². The zero-order valence-electron chi connectivity index (χ0n) is 10.8. The normalized spacial score (nSPS) is 44.9. The fraction of sp³-hybridized carbons (Fsp3) is 0.929. The summed E-state index contributed by atoms with van der Waals surface area (Å²) < 4.78 is 11.7. The van der Waals surface area contributed by atoms with Crippen molar-refractivity contribution in [2.75, 3.05) is 13.2 Å². The van der Waals surface area contributed by atoms with Crippen LogP contribution in [0.2, 0.25) is 0 Å². The Balaban J connectivity index is 1.89. The summed E-state index contributed by atoms with van der Waals surface area (Å²) >= 11 is 0. The third kappa shape index (κ3) is 1.66. The molecule has 3 fully saturated rings. The lowest BCUT2D eigenvalue weighted by molar-refractivity contribution is -0.238. The van der Waals surface area contributed by atoms with Crippen molar-refractivity contribution in [3.05, 3.63) is 0 Å². The number of rotatable bonds is 0. The van der Waals surface area contributed by atoms with Gasteiger partial charge in [-0.15, -0.1) is 0 Å². The number of hydrogen-bond donors (Lipinski definition) is 0. The molecular formula is C14H22O3. The van der Waals surface area contributed by atoms with Gasteiger partial charge in [0.1, 0.15) is 5.78 Å². The Labute approximate surface area is 103 Å². The van der Waals surface area contributed by atoms with Crippen LogP contribution in [0.3, 0.4) is 0 Å². The average molecular weight is 238 g/mol. The van der Waals surface area contributed by atoms with Crippen molar-refractivity contribution >= 4 is 5.78 Å². The molecule has 1 aliphatic heterocycles. The zero-order chi connectivity index (χ0) is 12.1. The molecule has 96 valence electrons. The van der Waals surface area contributed by atoms with Crippen LogP contribution in [-0.4, -0.2) is 24.8 Å². The topological polar surface area (TPSA) is 35.5 Å². The van der Waals surface area contributed by atoms with E-state index in [1.165, 1.54) is 6.42 Å². The van der Waals surface area contributed by atoms with E-state index in [4.69, 9.17) is 9.47 Å². The number of ether oxygens (including phenoxy) is 2. The van der Waals surface area contributed by atoms with E-state index in [0.29, 0.717) is 24.9 Å². The van der Waals surface area contributed by atoms with Crippen LogP contribution in [0, 0.1) is 17.3 Å². The molecule has 3 aliphatic rings. The van der Waals surface area contributed by atoms with Crippen LogP contribution in [0.5, 0.6) is 0 Å². The molecule has 2 aliphatic carbocycles. The van der Waals surface area contributed by atoms with E-state index in [2.05, 4.69) is 13.8 Å². The predicted molar refractivity (Wildman–Crippen MR) is 63.5 cm³/mol. The van der Waals surface area contributed by atoms with Gasteiger partial charge in [-0.2, -0.15) is 0 Å². The minimum atomic E-state index is -0.447. The molecule has 1 unspecified atom stereocenters. The first-order valence-electron chi connectivity index (χ1n) is 6.86. The maximum atomic E-state index is 12.2. The molecule has 0 amide bonds. The fourth-order valence-corrected chi connectivity index (χ4v) is 4.22. The fourth-order valence-electron chi connectivity index (χ4n) is 4.22. The molecule has 3 nitrogen and oxygen atoms in total. The highest BCUT2D eigenvalue weighted by Crippen LogP contribution is 2.55. The Bertz CT molecular complexity index is 332. The van der Waals surface area contributed by atoms with Crippen molar-refractivity contribution in [2.24, 2.45) is 17.3 Å². The first-order valence-corrected chi connectivity index (χ1v) is 6.86. The standard InChI is InChI=1S/C14H22O3/c1-10-8-13(2)5-3-4-12(15)11(13)9-14(10)16-6-7-17-14/h10-11H,3-9H2,1-2H3/t10?,11-,13+/m0/s1. The number of hydrogen-bond acceptors (Lipinski definition) is 3. The number of Topliss-reactive ketones (excluding diaryl/α,β-unsaturated/α-hetero) is 1. The second kappa shape index (κ2) is 3.79. The maximum Gasteiger partial charge on any atom is 0.171 e. The molecular weight excluding hydrogens is 216 g/mol. The van der Waals surface area contributed by atoms with Crippen LogP contribution in [0.15, 0.2) is 0 Å². The lowest BCUT2D eigenvalue weighted by Gasteiger charge is -2.52. The van der Waals surface area contributed by atoms with Crippen LogP contribution >= 0.6 is 0 Å². The molecule has 1 saturated heterocycles. The summed E-state index contributed by atoms with van der Waals surface area (Å²) in [7, 11) is 0. The Kier molecular flexibility index (Phi) is 2.60. The van der Waals surface area contributed by atoms with Gasteiger partial charge >= 0.3 is 0 Å². The third-order valence-electron chi connectivity index (χ3n) is 5.19. The van der Waals surface area contributed by atoms with Gasteiger partial charge in [0.15, 0.2) is 5.79 Å². The van der Waals surface area contributed by atoms with Gasteiger partial charge in [0.05, 0.1) is 13.2 Å². The molecule has 0 aromatic carbocycles. The van der Waals surface area contributed by atoms with Gasteiger partial charge in [0.2, 0.25) is 0 Å². The SMILES string of the molecule is CC1C[C@@]2(C)CCCC(=O)[C@@H]2CC12OCCO2. The molecule has 0 N–H and O–H groups in total. The van der Waals surface area contributed by atoms with Crippen molar-refractivity contribution in [1.29, 1.82) is 0 Å².